The molecule has 0 radical (unpaired) electrons. The molecule has 0 aliphatic rings. The van der Waals surface area contributed by atoms with Crippen molar-refractivity contribution in [2.45, 2.75) is 53.1 Å². The van der Waals surface area contributed by atoms with E-state index < -0.39 is 0 Å². The van der Waals surface area contributed by atoms with Gasteiger partial charge in [-0.05, 0) is 31.4 Å². The molecule has 148 valence electrons. The Hall–Kier alpha value is -2.57. The lowest BCUT2D eigenvalue weighted by atomic mass is 10.1. The maximum atomic E-state index is 13.0. The molecular weight excluding hydrogens is 344 g/mol. The second kappa shape index (κ2) is 9.94. The topological polar surface area (TPSA) is 80.5 Å². The zero-order valence-corrected chi connectivity index (χ0v) is 16.9. The van der Waals surface area contributed by atoms with Gasteiger partial charge in [-0.3, -0.25) is 4.79 Å². The number of aromatic nitrogens is 2. The first kappa shape index (κ1) is 20.7. The van der Waals surface area contributed by atoms with Crippen molar-refractivity contribution < 1.29 is 14.1 Å². The number of nitrogens with zero attached hydrogens (tertiary/aromatic N) is 3. The number of nitrogens with one attached hydrogen (secondary N) is 1. The molecule has 0 bridgehead atoms. The average Bonchev–Trinajstić information content (AvgIpc) is 3.10. The summed E-state index contributed by atoms with van der Waals surface area (Å²) in [7, 11) is 1.62. The molecule has 7 nitrogen and oxygen atoms in total. The molecule has 1 aromatic heterocycles. The molecule has 0 saturated carbocycles. The smallest absolute Gasteiger partial charge is 0.245 e. The predicted molar refractivity (Wildman–Crippen MR) is 105 cm³/mol. The van der Waals surface area contributed by atoms with E-state index in [1.165, 1.54) is 0 Å². The van der Waals surface area contributed by atoms with E-state index >= 15 is 0 Å². The van der Waals surface area contributed by atoms with Crippen LogP contribution in [0.25, 0.3) is 0 Å². The van der Waals surface area contributed by atoms with Crippen molar-refractivity contribution in [3.63, 3.8) is 0 Å². The third-order valence-corrected chi connectivity index (χ3v) is 4.24. The quantitative estimate of drug-likeness (QED) is 0.685. The standard InChI is InChI=1S/C20H30N4O3/c1-6-17(21-15-9-8-10-16(12-15)26-5)20(25)24(7-2)13-18-22-19(27-23-18)11-14(3)4/h8-10,12,14,17,21H,6-7,11,13H2,1-5H3/t17-/m0/s1. The van der Waals surface area contributed by atoms with Crippen molar-refractivity contribution in [2.24, 2.45) is 5.92 Å². The largest absolute Gasteiger partial charge is 0.497 e. The van der Waals surface area contributed by atoms with Crippen LogP contribution < -0.4 is 10.1 Å². The van der Waals surface area contributed by atoms with E-state index in [1.54, 1.807) is 12.0 Å². The number of amides is 1. The van der Waals surface area contributed by atoms with Crippen LogP contribution in [0.4, 0.5) is 5.69 Å². The Balaban J connectivity index is 2.05. The van der Waals surface area contributed by atoms with Crippen molar-refractivity contribution >= 4 is 11.6 Å². The minimum absolute atomic E-state index is 0.0121. The molecule has 7 heteroatoms. The predicted octanol–water partition coefficient (Wildman–Crippen LogP) is 3.52. The van der Waals surface area contributed by atoms with Gasteiger partial charge in [0.05, 0.1) is 13.7 Å². The number of methoxy groups -OCH3 is 1. The van der Waals surface area contributed by atoms with E-state index in [9.17, 15) is 4.79 Å². The molecule has 2 aromatic rings. The molecule has 0 fully saturated rings. The van der Waals surface area contributed by atoms with Gasteiger partial charge >= 0.3 is 0 Å². The fourth-order valence-electron chi connectivity index (χ4n) is 2.78. The van der Waals surface area contributed by atoms with E-state index in [2.05, 4.69) is 29.3 Å². The van der Waals surface area contributed by atoms with Crippen LogP contribution >= 0.6 is 0 Å². The first-order valence-corrected chi connectivity index (χ1v) is 9.47. The first-order valence-electron chi connectivity index (χ1n) is 9.47. The maximum absolute atomic E-state index is 13.0. The zero-order valence-electron chi connectivity index (χ0n) is 16.9. The summed E-state index contributed by atoms with van der Waals surface area (Å²) in [5, 5.41) is 7.31. The SMILES string of the molecule is CC[C@H](Nc1cccc(OC)c1)C(=O)N(CC)Cc1noc(CC(C)C)n1. The van der Waals surface area contributed by atoms with E-state index in [-0.39, 0.29) is 11.9 Å². The average molecular weight is 374 g/mol. The minimum atomic E-state index is -0.334. The Bertz CT molecular complexity index is 730. The summed E-state index contributed by atoms with van der Waals surface area (Å²) in [5.41, 5.74) is 0.851. The fraction of sp³-hybridized carbons (Fsp3) is 0.550. The number of anilines is 1. The molecule has 0 aliphatic carbocycles. The second-order valence-corrected chi connectivity index (χ2v) is 6.89. The summed E-state index contributed by atoms with van der Waals surface area (Å²) in [5.74, 6) is 2.36. The van der Waals surface area contributed by atoms with Crippen LogP contribution in [0.1, 0.15) is 45.8 Å². The number of hydrogen-bond acceptors (Lipinski definition) is 6. The molecule has 27 heavy (non-hydrogen) atoms. The summed E-state index contributed by atoms with van der Waals surface area (Å²) in [6, 6.07) is 7.23. The van der Waals surface area contributed by atoms with Gasteiger partial charge in [-0.15, -0.1) is 0 Å². The summed E-state index contributed by atoms with van der Waals surface area (Å²) in [6.07, 6.45) is 1.40. The van der Waals surface area contributed by atoms with Crippen molar-refractivity contribution in [3.8, 4) is 5.75 Å². The number of benzene rings is 1. The van der Waals surface area contributed by atoms with Crippen molar-refractivity contribution in [1.29, 1.82) is 0 Å². The van der Waals surface area contributed by atoms with E-state index in [0.717, 1.165) is 17.9 Å². The number of carbonyl (C=O) groups is 1. The number of hydrogen-bond donors (Lipinski definition) is 1. The van der Waals surface area contributed by atoms with Crippen LogP contribution in [0.15, 0.2) is 28.8 Å². The summed E-state index contributed by atoms with van der Waals surface area (Å²) in [4.78, 5) is 19.1. The molecule has 1 aromatic carbocycles. The van der Waals surface area contributed by atoms with Crippen LogP contribution in [-0.4, -0.2) is 40.6 Å². The first-order chi connectivity index (χ1) is 13.0. The molecule has 0 aliphatic heterocycles. The molecule has 1 heterocycles. The Labute approximate surface area is 161 Å². The third kappa shape index (κ3) is 5.98. The van der Waals surface area contributed by atoms with Crippen LogP contribution in [-0.2, 0) is 17.8 Å². The van der Waals surface area contributed by atoms with Gasteiger partial charge < -0.3 is 19.5 Å². The number of ether oxygens (including phenoxy) is 1. The lowest BCUT2D eigenvalue weighted by Gasteiger charge is -2.26. The molecule has 0 unspecified atom stereocenters. The minimum Gasteiger partial charge on any atom is -0.497 e. The monoisotopic (exact) mass is 374 g/mol. The van der Waals surface area contributed by atoms with E-state index in [4.69, 9.17) is 9.26 Å². The van der Waals surface area contributed by atoms with Gasteiger partial charge in [0.2, 0.25) is 11.8 Å². The van der Waals surface area contributed by atoms with Crippen LogP contribution in [0.2, 0.25) is 0 Å². The molecule has 2 rings (SSSR count). The lowest BCUT2D eigenvalue weighted by molar-refractivity contribution is -0.132. The third-order valence-electron chi connectivity index (χ3n) is 4.24. The lowest BCUT2D eigenvalue weighted by Crippen LogP contribution is -2.42. The van der Waals surface area contributed by atoms with Gasteiger partial charge in [-0.25, -0.2) is 0 Å². The molecule has 0 spiro atoms. The summed E-state index contributed by atoms with van der Waals surface area (Å²) >= 11 is 0. The zero-order chi connectivity index (χ0) is 19.8. The Morgan fingerprint density at radius 1 is 1.33 bits per heavy atom. The van der Waals surface area contributed by atoms with Crippen molar-refractivity contribution in [1.82, 2.24) is 15.0 Å². The summed E-state index contributed by atoms with van der Waals surface area (Å²) < 4.78 is 10.5. The fourth-order valence-corrected chi connectivity index (χ4v) is 2.78. The van der Waals surface area contributed by atoms with Crippen LogP contribution in [0.3, 0.4) is 0 Å². The summed E-state index contributed by atoms with van der Waals surface area (Å²) in [6.45, 7) is 9.05. The molecule has 0 saturated heterocycles. The van der Waals surface area contributed by atoms with Gasteiger partial charge in [-0.1, -0.05) is 32.0 Å². The molecule has 1 atom stereocenters. The van der Waals surface area contributed by atoms with Gasteiger partial charge in [0.15, 0.2) is 5.82 Å². The van der Waals surface area contributed by atoms with Crippen molar-refractivity contribution in [3.05, 3.63) is 36.0 Å². The maximum Gasteiger partial charge on any atom is 0.245 e. The van der Waals surface area contributed by atoms with Gasteiger partial charge in [0.1, 0.15) is 11.8 Å². The molecular formula is C20H30N4O3. The molecule has 1 amide bonds. The Morgan fingerprint density at radius 3 is 2.74 bits per heavy atom. The highest BCUT2D eigenvalue weighted by Gasteiger charge is 2.23. The number of likely N-dealkylation sites (N-methyl/N-ethyl adjacent to an activating group) is 1. The van der Waals surface area contributed by atoms with Crippen LogP contribution in [0, 0.1) is 5.92 Å². The van der Waals surface area contributed by atoms with Crippen LogP contribution in [0.5, 0.6) is 5.75 Å². The highest BCUT2D eigenvalue weighted by Crippen LogP contribution is 2.19. The number of carbonyl (C=O) groups excluding carboxylic acids is 1. The van der Waals surface area contributed by atoms with Crippen molar-refractivity contribution in [2.75, 3.05) is 19.0 Å². The van der Waals surface area contributed by atoms with Gasteiger partial charge in [0.25, 0.3) is 0 Å². The molecule has 1 N–H and O–H groups in total. The Morgan fingerprint density at radius 2 is 2.11 bits per heavy atom. The second-order valence-electron chi connectivity index (χ2n) is 6.89. The number of rotatable bonds is 10. The van der Waals surface area contributed by atoms with E-state index in [1.807, 2.05) is 38.1 Å². The normalized spacial score (nSPS) is 12.1. The highest BCUT2D eigenvalue weighted by molar-refractivity contribution is 5.84. The van der Waals surface area contributed by atoms with Gasteiger partial charge in [0, 0.05) is 24.7 Å². The van der Waals surface area contributed by atoms with Gasteiger partial charge in [-0.2, -0.15) is 4.98 Å². The highest BCUT2D eigenvalue weighted by atomic mass is 16.5. The van der Waals surface area contributed by atoms with E-state index in [0.29, 0.717) is 37.1 Å². The Kier molecular flexibility index (Phi) is 7.64.